The van der Waals surface area contributed by atoms with E-state index >= 15 is 0 Å². The molecule has 3 heteroatoms. The minimum absolute atomic E-state index is 0.0167. The Hall–Kier alpha value is -1.04. The van der Waals surface area contributed by atoms with Crippen molar-refractivity contribution >= 4 is 11.6 Å². The van der Waals surface area contributed by atoms with Gasteiger partial charge in [-0.15, -0.1) is 12.3 Å². The van der Waals surface area contributed by atoms with Gasteiger partial charge in [-0.05, 0) is 31.9 Å². The molecule has 1 rings (SSSR count). The SMILES string of the molecule is C#CCCCC(NCCC)c1cccc(Cl)c1F. The monoisotopic (exact) mass is 267 g/mol. The Morgan fingerprint density at radius 3 is 2.94 bits per heavy atom. The molecule has 0 bridgehead atoms. The van der Waals surface area contributed by atoms with Crippen molar-refractivity contribution in [3.8, 4) is 12.3 Å². The molecular weight excluding hydrogens is 249 g/mol. The summed E-state index contributed by atoms with van der Waals surface area (Å²) in [6, 6.07) is 5.11. The average molecular weight is 268 g/mol. The summed E-state index contributed by atoms with van der Waals surface area (Å²) in [4.78, 5) is 0. The molecule has 0 saturated heterocycles. The lowest BCUT2D eigenvalue weighted by atomic mass is 10.0. The first-order valence-electron chi connectivity index (χ1n) is 6.31. The van der Waals surface area contributed by atoms with Crippen LogP contribution < -0.4 is 5.32 Å². The summed E-state index contributed by atoms with van der Waals surface area (Å²) in [7, 11) is 0. The average Bonchev–Trinajstić information content (AvgIpc) is 2.37. The zero-order chi connectivity index (χ0) is 13.4. The Labute approximate surface area is 114 Å². The lowest BCUT2D eigenvalue weighted by Crippen LogP contribution is -2.23. The maximum Gasteiger partial charge on any atom is 0.146 e. The maximum absolute atomic E-state index is 14.0. The zero-order valence-electron chi connectivity index (χ0n) is 10.7. The van der Waals surface area contributed by atoms with E-state index in [0.717, 1.165) is 25.8 Å². The summed E-state index contributed by atoms with van der Waals surface area (Å²) in [5.41, 5.74) is 0.632. The summed E-state index contributed by atoms with van der Waals surface area (Å²) in [5.74, 6) is 2.28. The molecule has 1 aromatic rings. The van der Waals surface area contributed by atoms with E-state index in [4.69, 9.17) is 18.0 Å². The normalized spacial score (nSPS) is 12.1. The highest BCUT2D eigenvalue weighted by atomic mass is 35.5. The second kappa shape index (κ2) is 8.13. The van der Waals surface area contributed by atoms with E-state index in [9.17, 15) is 4.39 Å². The third-order valence-corrected chi connectivity index (χ3v) is 3.10. The molecule has 0 spiro atoms. The summed E-state index contributed by atoms with van der Waals surface area (Å²) in [6.45, 7) is 2.94. The molecule has 0 aliphatic heterocycles. The summed E-state index contributed by atoms with van der Waals surface area (Å²) < 4.78 is 14.0. The molecule has 18 heavy (non-hydrogen) atoms. The van der Waals surface area contributed by atoms with Crippen molar-refractivity contribution in [2.24, 2.45) is 0 Å². The molecule has 98 valence electrons. The molecule has 1 nitrogen and oxygen atoms in total. The van der Waals surface area contributed by atoms with Crippen LogP contribution in [0.1, 0.15) is 44.2 Å². The Kier molecular flexibility index (Phi) is 6.78. The van der Waals surface area contributed by atoms with Gasteiger partial charge in [0.25, 0.3) is 0 Å². The molecule has 0 radical (unpaired) electrons. The second-order valence-corrected chi connectivity index (χ2v) is 4.65. The number of hydrogen-bond donors (Lipinski definition) is 1. The number of rotatable bonds is 7. The van der Waals surface area contributed by atoms with Crippen molar-refractivity contribution in [3.05, 3.63) is 34.6 Å². The summed E-state index contributed by atoms with van der Waals surface area (Å²) >= 11 is 5.82. The highest BCUT2D eigenvalue weighted by molar-refractivity contribution is 6.30. The van der Waals surface area contributed by atoms with Gasteiger partial charge in [0.15, 0.2) is 0 Å². The van der Waals surface area contributed by atoms with Crippen molar-refractivity contribution in [1.29, 1.82) is 0 Å². The van der Waals surface area contributed by atoms with Crippen LogP contribution in [0.3, 0.4) is 0 Å². The van der Waals surface area contributed by atoms with Gasteiger partial charge in [-0.25, -0.2) is 4.39 Å². The van der Waals surface area contributed by atoms with Crippen molar-refractivity contribution in [3.63, 3.8) is 0 Å². The number of hydrogen-bond acceptors (Lipinski definition) is 1. The predicted molar refractivity (Wildman–Crippen MR) is 75.1 cm³/mol. The number of halogens is 2. The van der Waals surface area contributed by atoms with Crippen molar-refractivity contribution in [2.45, 2.75) is 38.6 Å². The smallest absolute Gasteiger partial charge is 0.146 e. The van der Waals surface area contributed by atoms with E-state index in [-0.39, 0.29) is 16.9 Å². The van der Waals surface area contributed by atoms with Crippen LogP contribution in [0.4, 0.5) is 4.39 Å². The Balaban J connectivity index is 2.80. The lowest BCUT2D eigenvalue weighted by molar-refractivity contribution is 0.464. The van der Waals surface area contributed by atoms with Gasteiger partial charge in [0, 0.05) is 18.0 Å². The predicted octanol–water partition coefficient (Wildman–Crippen LogP) is 4.32. The van der Waals surface area contributed by atoms with Crippen LogP contribution in [0.2, 0.25) is 5.02 Å². The van der Waals surface area contributed by atoms with E-state index in [2.05, 4.69) is 18.2 Å². The number of benzene rings is 1. The van der Waals surface area contributed by atoms with Crippen LogP contribution in [-0.4, -0.2) is 6.54 Å². The molecule has 0 saturated carbocycles. The molecule has 0 aromatic heterocycles. The second-order valence-electron chi connectivity index (χ2n) is 4.25. The fourth-order valence-electron chi connectivity index (χ4n) is 1.88. The molecule has 0 amide bonds. The quantitative estimate of drug-likeness (QED) is 0.573. The van der Waals surface area contributed by atoms with Crippen LogP contribution in [-0.2, 0) is 0 Å². The van der Waals surface area contributed by atoms with Crippen molar-refractivity contribution in [1.82, 2.24) is 5.32 Å². The number of nitrogens with one attached hydrogen (secondary N) is 1. The third-order valence-electron chi connectivity index (χ3n) is 2.81. The Bertz CT molecular complexity index is 411. The summed E-state index contributed by atoms with van der Waals surface area (Å²) in [5, 5.41) is 3.52. The molecular formula is C15H19ClFN. The standard InChI is InChI=1S/C15H19ClFN/c1-3-5-6-10-14(18-11-4-2)12-8-7-9-13(16)15(12)17/h1,7-9,14,18H,4-6,10-11H2,2H3. The number of terminal acetylenes is 1. The van der Waals surface area contributed by atoms with Crippen LogP contribution in [0.25, 0.3) is 0 Å². The first-order chi connectivity index (χ1) is 8.70. The van der Waals surface area contributed by atoms with Gasteiger partial charge < -0.3 is 5.32 Å². The van der Waals surface area contributed by atoms with Gasteiger partial charge in [0.1, 0.15) is 5.82 Å². The van der Waals surface area contributed by atoms with E-state index in [1.807, 2.05) is 0 Å². The molecule has 0 heterocycles. The first kappa shape index (κ1) is 15.0. The molecule has 0 aliphatic rings. The zero-order valence-corrected chi connectivity index (χ0v) is 11.4. The van der Waals surface area contributed by atoms with Gasteiger partial charge in [0.05, 0.1) is 5.02 Å². The van der Waals surface area contributed by atoms with E-state index in [0.29, 0.717) is 12.0 Å². The number of unbranched alkanes of at least 4 members (excludes halogenated alkanes) is 1. The maximum atomic E-state index is 14.0. The van der Waals surface area contributed by atoms with E-state index < -0.39 is 0 Å². The van der Waals surface area contributed by atoms with Crippen LogP contribution >= 0.6 is 11.6 Å². The van der Waals surface area contributed by atoms with Crippen LogP contribution in [0, 0.1) is 18.2 Å². The fourth-order valence-corrected chi connectivity index (χ4v) is 2.07. The van der Waals surface area contributed by atoms with Gasteiger partial charge in [-0.3, -0.25) is 0 Å². The van der Waals surface area contributed by atoms with Crippen LogP contribution in [0.5, 0.6) is 0 Å². The van der Waals surface area contributed by atoms with Gasteiger partial charge in [0.2, 0.25) is 0 Å². The minimum atomic E-state index is -0.325. The first-order valence-corrected chi connectivity index (χ1v) is 6.69. The Morgan fingerprint density at radius 2 is 2.28 bits per heavy atom. The van der Waals surface area contributed by atoms with Crippen molar-refractivity contribution < 1.29 is 4.39 Å². The minimum Gasteiger partial charge on any atom is -0.310 e. The van der Waals surface area contributed by atoms with E-state index in [1.165, 1.54) is 0 Å². The largest absolute Gasteiger partial charge is 0.310 e. The molecule has 0 fully saturated rings. The van der Waals surface area contributed by atoms with Gasteiger partial charge >= 0.3 is 0 Å². The van der Waals surface area contributed by atoms with E-state index in [1.54, 1.807) is 18.2 Å². The molecule has 1 N–H and O–H groups in total. The molecule has 1 unspecified atom stereocenters. The highest BCUT2D eigenvalue weighted by Crippen LogP contribution is 2.26. The van der Waals surface area contributed by atoms with Gasteiger partial charge in [-0.2, -0.15) is 0 Å². The van der Waals surface area contributed by atoms with Crippen molar-refractivity contribution in [2.75, 3.05) is 6.54 Å². The Morgan fingerprint density at radius 1 is 1.50 bits per heavy atom. The fraction of sp³-hybridized carbons (Fsp3) is 0.467. The van der Waals surface area contributed by atoms with Gasteiger partial charge in [-0.1, -0.05) is 30.7 Å². The highest BCUT2D eigenvalue weighted by Gasteiger charge is 2.16. The molecule has 0 aliphatic carbocycles. The lowest BCUT2D eigenvalue weighted by Gasteiger charge is -2.19. The topological polar surface area (TPSA) is 12.0 Å². The third kappa shape index (κ3) is 4.33. The van der Waals surface area contributed by atoms with Crippen LogP contribution in [0.15, 0.2) is 18.2 Å². The molecule has 1 aromatic carbocycles. The molecule has 1 atom stereocenters. The summed E-state index contributed by atoms with van der Waals surface area (Å²) in [6.07, 6.45) is 8.66.